The van der Waals surface area contributed by atoms with Crippen LogP contribution in [0.15, 0.2) is 27.8 Å². The van der Waals surface area contributed by atoms with Crippen molar-refractivity contribution in [2.45, 2.75) is 26.7 Å². The molecule has 0 atom stereocenters. The van der Waals surface area contributed by atoms with Crippen LogP contribution < -0.4 is 4.90 Å². The van der Waals surface area contributed by atoms with Gasteiger partial charge in [-0.15, -0.1) is 0 Å². The molecular weight excluding hydrogens is 381 g/mol. The molecule has 2 aromatic rings. The van der Waals surface area contributed by atoms with Gasteiger partial charge in [0.1, 0.15) is 6.67 Å². The minimum Gasteiger partial charge on any atom is -0.319 e. The van der Waals surface area contributed by atoms with E-state index in [-0.39, 0.29) is 10.9 Å². The zero-order chi connectivity index (χ0) is 16.7. The van der Waals surface area contributed by atoms with Gasteiger partial charge < -0.3 is 4.90 Å². The molecule has 120 valence electrons. The Bertz CT molecular complexity index is 805. The molecule has 1 aromatic carbocycles. The number of fused-ring (bicyclic) bond motifs is 1. The molecule has 2 heterocycles. The number of aliphatic imine (C=N–C) groups is 1. The van der Waals surface area contributed by atoms with Gasteiger partial charge in [0.15, 0.2) is 5.82 Å². The van der Waals surface area contributed by atoms with Crippen molar-refractivity contribution in [1.29, 1.82) is 0 Å². The van der Waals surface area contributed by atoms with Gasteiger partial charge in [0.2, 0.25) is 0 Å². The predicted octanol–water partition coefficient (Wildman–Crippen LogP) is 5.60. The summed E-state index contributed by atoms with van der Waals surface area (Å²) in [6.07, 6.45) is 3.35. The Balaban J connectivity index is 2.25. The lowest BCUT2D eigenvalue weighted by Gasteiger charge is -2.31. The number of rotatable bonds is 2. The van der Waals surface area contributed by atoms with Crippen LogP contribution in [0, 0.1) is 12.7 Å². The Morgan fingerprint density at radius 2 is 2.13 bits per heavy atom. The monoisotopic (exact) mass is 395 g/mol. The first-order chi connectivity index (χ1) is 10.9. The molecule has 3 nitrogen and oxygen atoms in total. The standard InChI is InChI=1S/C17H16BrClFN3/c1-9(2)16-17(10(3)4-5-22-16)23-8-21-7-11-13(23)6-12(18)14(19)15(11)20/h4-7,9H,8H2,1-3H3. The molecule has 0 unspecified atom stereocenters. The maximum absolute atomic E-state index is 14.5. The van der Waals surface area contributed by atoms with Gasteiger partial charge in [-0.25, -0.2) is 4.39 Å². The van der Waals surface area contributed by atoms with E-state index >= 15 is 0 Å². The van der Waals surface area contributed by atoms with E-state index in [0.717, 1.165) is 22.6 Å². The van der Waals surface area contributed by atoms with E-state index in [0.29, 0.717) is 16.7 Å². The van der Waals surface area contributed by atoms with Gasteiger partial charge in [0.25, 0.3) is 0 Å². The molecule has 0 aliphatic carbocycles. The van der Waals surface area contributed by atoms with Gasteiger partial charge in [-0.2, -0.15) is 0 Å². The largest absolute Gasteiger partial charge is 0.319 e. The minimum absolute atomic E-state index is 0.0732. The van der Waals surface area contributed by atoms with Crippen LogP contribution >= 0.6 is 27.5 Å². The van der Waals surface area contributed by atoms with E-state index in [1.54, 1.807) is 12.4 Å². The van der Waals surface area contributed by atoms with Crippen molar-refractivity contribution in [3.8, 4) is 0 Å². The predicted molar refractivity (Wildman–Crippen MR) is 96.8 cm³/mol. The second-order valence-corrected chi connectivity index (χ2v) is 7.05. The summed E-state index contributed by atoms with van der Waals surface area (Å²) in [5.41, 5.74) is 4.18. The van der Waals surface area contributed by atoms with Crippen molar-refractivity contribution in [3.05, 3.63) is 50.5 Å². The van der Waals surface area contributed by atoms with Gasteiger partial charge in [-0.05, 0) is 46.5 Å². The molecule has 23 heavy (non-hydrogen) atoms. The summed E-state index contributed by atoms with van der Waals surface area (Å²) in [7, 11) is 0. The third-order valence-electron chi connectivity index (χ3n) is 3.88. The summed E-state index contributed by atoms with van der Waals surface area (Å²) in [5, 5.41) is 0.0732. The third-order valence-corrected chi connectivity index (χ3v) is 5.11. The van der Waals surface area contributed by atoms with Gasteiger partial charge in [0.05, 0.1) is 27.7 Å². The normalized spacial score (nSPS) is 13.6. The van der Waals surface area contributed by atoms with E-state index in [1.807, 2.05) is 24.0 Å². The van der Waals surface area contributed by atoms with E-state index < -0.39 is 5.82 Å². The molecular formula is C17H16BrClFN3. The van der Waals surface area contributed by atoms with Gasteiger partial charge in [-0.3, -0.25) is 9.98 Å². The first kappa shape index (κ1) is 16.4. The van der Waals surface area contributed by atoms with Crippen molar-refractivity contribution in [3.63, 3.8) is 0 Å². The Kier molecular flexibility index (Phi) is 4.43. The van der Waals surface area contributed by atoms with Crippen LogP contribution in [0.3, 0.4) is 0 Å². The van der Waals surface area contributed by atoms with Gasteiger partial charge >= 0.3 is 0 Å². The Morgan fingerprint density at radius 3 is 2.83 bits per heavy atom. The second kappa shape index (κ2) is 6.21. The molecule has 0 fully saturated rings. The van der Waals surface area contributed by atoms with E-state index in [2.05, 4.69) is 39.8 Å². The van der Waals surface area contributed by atoms with Crippen LogP contribution in [0.25, 0.3) is 0 Å². The highest BCUT2D eigenvalue weighted by atomic mass is 79.9. The SMILES string of the molecule is Cc1ccnc(C(C)C)c1N1CN=Cc2c1cc(Br)c(Cl)c2F. The lowest BCUT2D eigenvalue weighted by atomic mass is 10.0. The average Bonchev–Trinajstić information content (AvgIpc) is 2.52. The number of anilines is 2. The molecule has 3 rings (SSSR count). The summed E-state index contributed by atoms with van der Waals surface area (Å²) in [6, 6.07) is 3.79. The van der Waals surface area contributed by atoms with Gasteiger partial charge in [-0.1, -0.05) is 25.4 Å². The summed E-state index contributed by atoms with van der Waals surface area (Å²) < 4.78 is 15.0. The Hall–Kier alpha value is -1.46. The number of pyridine rings is 1. The van der Waals surface area contributed by atoms with Crippen LogP contribution in [0.1, 0.15) is 36.6 Å². The first-order valence-corrected chi connectivity index (χ1v) is 8.49. The van der Waals surface area contributed by atoms with Crippen LogP contribution in [0.4, 0.5) is 15.8 Å². The van der Waals surface area contributed by atoms with Crippen molar-refractivity contribution in [2.24, 2.45) is 4.99 Å². The van der Waals surface area contributed by atoms with E-state index in [9.17, 15) is 4.39 Å². The molecule has 6 heteroatoms. The number of halogens is 3. The molecule has 1 aliphatic heterocycles. The zero-order valence-corrected chi connectivity index (χ0v) is 15.4. The maximum Gasteiger partial charge on any atom is 0.153 e. The average molecular weight is 397 g/mol. The molecule has 0 amide bonds. The van der Waals surface area contributed by atoms with E-state index in [4.69, 9.17) is 11.6 Å². The van der Waals surface area contributed by atoms with Crippen LogP contribution in [0.5, 0.6) is 0 Å². The molecule has 1 aliphatic rings. The summed E-state index contributed by atoms with van der Waals surface area (Å²) in [4.78, 5) is 10.8. The maximum atomic E-state index is 14.5. The van der Waals surface area contributed by atoms with Crippen LogP contribution in [-0.4, -0.2) is 17.9 Å². The highest BCUT2D eigenvalue weighted by Gasteiger charge is 2.26. The molecule has 0 saturated heterocycles. The number of aryl methyl sites for hydroxylation is 1. The summed E-state index contributed by atoms with van der Waals surface area (Å²) >= 11 is 9.34. The quantitative estimate of drug-likeness (QED) is 0.618. The lowest BCUT2D eigenvalue weighted by molar-refractivity contribution is 0.624. The van der Waals surface area contributed by atoms with Gasteiger partial charge in [0, 0.05) is 16.9 Å². The number of hydrogen-bond donors (Lipinski definition) is 0. The molecule has 0 N–H and O–H groups in total. The highest BCUT2D eigenvalue weighted by molar-refractivity contribution is 9.10. The third kappa shape index (κ3) is 2.76. The van der Waals surface area contributed by atoms with Crippen molar-refractivity contribution >= 4 is 45.1 Å². The summed E-state index contributed by atoms with van der Waals surface area (Å²) in [5.74, 6) is -0.211. The smallest absolute Gasteiger partial charge is 0.153 e. The highest BCUT2D eigenvalue weighted by Crippen LogP contribution is 2.41. The number of hydrogen-bond acceptors (Lipinski definition) is 3. The zero-order valence-electron chi connectivity index (χ0n) is 13.1. The topological polar surface area (TPSA) is 28.5 Å². The first-order valence-electron chi connectivity index (χ1n) is 7.32. The number of aromatic nitrogens is 1. The van der Waals surface area contributed by atoms with Crippen molar-refractivity contribution in [2.75, 3.05) is 11.6 Å². The lowest BCUT2D eigenvalue weighted by Crippen LogP contribution is -2.25. The van der Waals surface area contributed by atoms with Crippen molar-refractivity contribution in [1.82, 2.24) is 4.98 Å². The number of nitrogens with zero attached hydrogens (tertiary/aromatic N) is 3. The minimum atomic E-state index is -0.461. The Morgan fingerprint density at radius 1 is 1.39 bits per heavy atom. The molecule has 0 saturated carbocycles. The second-order valence-electron chi connectivity index (χ2n) is 5.82. The van der Waals surface area contributed by atoms with Crippen LogP contribution in [-0.2, 0) is 0 Å². The molecule has 0 radical (unpaired) electrons. The summed E-state index contributed by atoms with van der Waals surface area (Å²) in [6.45, 7) is 6.64. The Labute approximate surface area is 148 Å². The molecule has 0 spiro atoms. The van der Waals surface area contributed by atoms with Crippen molar-refractivity contribution < 1.29 is 4.39 Å². The van der Waals surface area contributed by atoms with E-state index in [1.165, 1.54) is 0 Å². The fourth-order valence-corrected chi connectivity index (χ4v) is 3.32. The molecule has 0 bridgehead atoms. The fraction of sp³-hybridized carbons (Fsp3) is 0.294. The molecule has 1 aromatic heterocycles. The fourth-order valence-electron chi connectivity index (χ4n) is 2.77. The van der Waals surface area contributed by atoms with Crippen LogP contribution in [0.2, 0.25) is 5.02 Å². The number of benzene rings is 1.